The fourth-order valence-corrected chi connectivity index (χ4v) is 9.32. The van der Waals surface area contributed by atoms with Gasteiger partial charge < -0.3 is 36.0 Å². The van der Waals surface area contributed by atoms with Gasteiger partial charge in [-0.3, -0.25) is 29.4 Å². The van der Waals surface area contributed by atoms with Crippen LogP contribution in [0.4, 0.5) is 0 Å². The number of hydrogen-bond donors (Lipinski definition) is 4. The van der Waals surface area contributed by atoms with Gasteiger partial charge in [0.1, 0.15) is 11.5 Å². The Morgan fingerprint density at radius 1 is 0.883 bits per heavy atom. The van der Waals surface area contributed by atoms with Crippen molar-refractivity contribution in [1.82, 2.24) is 24.9 Å². The maximum absolute atomic E-state index is 14.6. The van der Waals surface area contributed by atoms with Gasteiger partial charge in [0, 0.05) is 76.0 Å². The molecule has 1 unspecified atom stereocenters. The van der Waals surface area contributed by atoms with Crippen molar-refractivity contribution in [2.45, 2.75) is 74.8 Å². The van der Waals surface area contributed by atoms with Crippen LogP contribution in [0, 0.1) is 0 Å². The summed E-state index contributed by atoms with van der Waals surface area (Å²) in [5, 5.41) is 13.2. The first-order chi connectivity index (χ1) is 28.9. The molecule has 0 bridgehead atoms. The van der Waals surface area contributed by atoms with Crippen molar-refractivity contribution >= 4 is 40.9 Å². The van der Waals surface area contributed by atoms with Gasteiger partial charge >= 0.3 is 0 Å². The number of nitrogens with two attached hydrogens (primary N) is 2. The lowest BCUT2D eigenvalue weighted by molar-refractivity contribution is -0.154. The Labute approximate surface area is 356 Å². The number of nitrogens with one attached hydrogen (secondary N) is 1. The van der Waals surface area contributed by atoms with Crippen LogP contribution in [-0.2, 0) is 19.2 Å². The summed E-state index contributed by atoms with van der Waals surface area (Å²) in [5.41, 5.74) is 15.0. The van der Waals surface area contributed by atoms with Crippen LogP contribution in [0.15, 0.2) is 90.8 Å². The number of aromatic hydroxyl groups is 1. The first kappa shape index (κ1) is 42.6. The van der Waals surface area contributed by atoms with Crippen LogP contribution in [0.25, 0.3) is 5.70 Å². The number of likely N-dealkylation sites (N-methyl/N-ethyl adjacent to an activating group) is 1. The highest BCUT2D eigenvalue weighted by Gasteiger charge is 2.47. The van der Waals surface area contributed by atoms with E-state index in [0.29, 0.717) is 105 Å². The Balaban J connectivity index is 0.920. The second-order valence-electron chi connectivity index (χ2n) is 16.5. The number of phenolic OH excluding ortho intramolecular Hbond substituents is 1. The summed E-state index contributed by atoms with van der Waals surface area (Å²) in [6.07, 6.45) is 8.06. The maximum Gasteiger partial charge on any atom is 0.266 e. The summed E-state index contributed by atoms with van der Waals surface area (Å²) in [6, 6.07) is 22.2. The monoisotopic (exact) mass is 837 g/mol. The van der Waals surface area contributed by atoms with E-state index in [1.54, 1.807) is 42.5 Å². The number of para-hydroxylation sites is 2. The van der Waals surface area contributed by atoms with Gasteiger partial charge in [0.05, 0.1) is 23.2 Å². The predicted octanol–water partition coefficient (Wildman–Crippen LogP) is 4.91. The van der Waals surface area contributed by atoms with Gasteiger partial charge in [0.15, 0.2) is 5.60 Å². The molecule has 0 aromatic heterocycles. The van der Waals surface area contributed by atoms with Crippen molar-refractivity contribution in [2.24, 2.45) is 11.5 Å². The molecular formula is C46H56ClN7O6. The Morgan fingerprint density at radius 3 is 2.18 bits per heavy atom. The number of benzene rings is 3. The third kappa shape index (κ3) is 9.58. The van der Waals surface area contributed by atoms with Crippen molar-refractivity contribution in [3.8, 4) is 11.5 Å². The molecule has 4 fully saturated rings. The van der Waals surface area contributed by atoms with Crippen LogP contribution in [0.3, 0.4) is 0 Å². The molecule has 13 nitrogen and oxygen atoms in total. The highest BCUT2D eigenvalue weighted by molar-refractivity contribution is 6.32. The van der Waals surface area contributed by atoms with Gasteiger partial charge in [-0.05, 0) is 92.6 Å². The Hall–Kier alpha value is -5.53. The molecule has 4 aliphatic heterocycles. The number of halogens is 1. The Bertz CT molecular complexity index is 2100. The first-order valence-electron chi connectivity index (χ1n) is 21.0. The minimum atomic E-state index is -1.18. The van der Waals surface area contributed by atoms with Crippen LogP contribution in [0.1, 0.15) is 79.9 Å². The van der Waals surface area contributed by atoms with E-state index in [4.69, 9.17) is 27.8 Å². The molecule has 0 radical (unpaired) electrons. The molecule has 4 saturated heterocycles. The number of nitrogens with zero attached hydrogens (tertiary/aromatic N) is 4. The quantitative estimate of drug-likeness (QED) is 0.154. The predicted molar refractivity (Wildman–Crippen MR) is 231 cm³/mol. The van der Waals surface area contributed by atoms with E-state index < -0.39 is 5.60 Å². The molecule has 4 heterocycles. The number of rotatable bonds is 11. The SMILES string of the molecule is CN(C(=O)C1(Oc2ccccc2Cl)CCN(C(/C=C(\N)c2ccccc2O)=C/N)CC1)C1CCN(C(=O)CN2CCC(c3ccc(C4CCC(=O)NC4=O)cc3)CC2)CC1. The van der Waals surface area contributed by atoms with Crippen LogP contribution in [-0.4, -0.2) is 113 Å². The van der Waals surface area contributed by atoms with Crippen molar-refractivity contribution in [3.05, 3.63) is 112 Å². The third-order valence-electron chi connectivity index (χ3n) is 12.8. The average molecular weight is 838 g/mol. The van der Waals surface area contributed by atoms with E-state index in [1.807, 2.05) is 41.1 Å². The first-order valence-corrected chi connectivity index (χ1v) is 21.4. The molecule has 4 amide bonds. The lowest BCUT2D eigenvalue weighted by atomic mass is 9.86. The van der Waals surface area contributed by atoms with E-state index in [2.05, 4.69) is 27.2 Å². The van der Waals surface area contributed by atoms with E-state index in [0.717, 1.165) is 31.5 Å². The van der Waals surface area contributed by atoms with Crippen molar-refractivity contribution in [3.63, 3.8) is 0 Å². The van der Waals surface area contributed by atoms with Gasteiger partial charge in [-0.25, -0.2) is 0 Å². The van der Waals surface area contributed by atoms with Crippen LogP contribution in [0.2, 0.25) is 5.02 Å². The number of likely N-dealkylation sites (tertiary alicyclic amines) is 3. The molecule has 318 valence electrons. The maximum atomic E-state index is 14.6. The Kier molecular flexibility index (Phi) is 13.4. The van der Waals surface area contributed by atoms with Crippen molar-refractivity contribution < 1.29 is 29.0 Å². The summed E-state index contributed by atoms with van der Waals surface area (Å²) in [5.74, 6) is 0.178. The van der Waals surface area contributed by atoms with Crippen LogP contribution >= 0.6 is 11.6 Å². The number of phenols is 1. The van der Waals surface area contributed by atoms with Gasteiger partial charge in [-0.2, -0.15) is 0 Å². The zero-order chi connectivity index (χ0) is 42.4. The molecule has 0 aliphatic carbocycles. The zero-order valence-corrected chi connectivity index (χ0v) is 35.0. The van der Waals surface area contributed by atoms with Crippen LogP contribution < -0.4 is 21.5 Å². The van der Waals surface area contributed by atoms with Crippen molar-refractivity contribution in [2.75, 3.05) is 52.9 Å². The standard InChI is InChI=1S/C46H56ClN7O6/c1-51(45(59)46(60-41-9-5-3-7-38(41)47)20-26-53(27-21-46)35(29-48)28-39(49)37-6-2-4-8-40(37)55)34-18-24-54(25-19-34)43(57)30-52-22-16-32(17-23-52)31-10-12-33(13-11-31)36-14-15-42(56)50-44(36)58/h2-13,28-29,32,34,36,55H,14-27,30,48-49H2,1H3,(H,50,56,58)/b35-29+,39-28-. The molecule has 60 heavy (non-hydrogen) atoms. The smallest absolute Gasteiger partial charge is 0.266 e. The molecule has 0 saturated carbocycles. The van der Waals surface area contributed by atoms with E-state index in [1.165, 1.54) is 11.8 Å². The van der Waals surface area contributed by atoms with Crippen LogP contribution in [0.5, 0.6) is 11.5 Å². The van der Waals surface area contributed by atoms with E-state index in [9.17, 15) is 24.3 Å². The topological polar surface area (TPSA) is 175 Å². The fraction of sp³-hybridized carbons (Fsp3) is 0.435. The fourth-order valence-electron chi connectivity index (χ4n) is 9.14. The lowest BCUT2D eigenvalue weighted by Gasteiger charge is -2.45. The second kappa shape index (κ2) is 18.8. The lowest BCUT2D eigenvalue weighted by Crippen LogP contribution is -2.60. The van der Waals surface area contributed by atoms with Crippen molar-refractivity contribution in [1.29, 1.82) is 0 Å². The van der Waals surface area contributed by atoms with Gasteiger partial charge in [-0.1, -0.05) is 60.1 Å². The summed E-state index contributed by atoms with van der Waals surface area (Å²) >= 11 is 6.57. The van der Waals surface area contributed by atoms with Gasteiger partial charge in [0.25, 0.3) is 5.91 Å². The second-order valence-corrected chi connectivity index (χ2v) is 16.9. The molecule has 3 aromatic rings. The molecule has 7 rings (SSSR count). The number of allylic oxidation sites excluding steroid dienone is 1. The number of imide groups is 1. The molecule has 6 N–H and O–H groups in total. The molecule has 14 heteroatoms. The highest BCUT2D eigenvalue weighted by atomic mass is 35.5. The molecule has 0 spiro atoms. The van der Waals surface area contributed by atoms with E-state index >= 15 is 0 Å². The van der Waals surface area contributed by atoms with E-state index in [-0.39, 0.29) is 41.3 Å². The number of hydrogen-bond acceptors (Lipinski definition) is 10. The Morgan fingerprint density at radius 2 is 1.53 bits per heavy atom. The average Bonchev–Trinajstić information content (AvgIpc) is 3.26. The van der Waals surface area contributed by atoms with Gasteiger partial charge in [-0.15, -0.1) is 0 Å². The summed E-state index contributed by atoms with van der Waals surface area (Å²) in [7, 11) is 1.84. The minimum Gasteiger partial charge on any atom is -0.507 e. The summed E-state index contributed by atoms with van der Waals surface area (Å²) in [4.78, 5) is 60.1. The minimum absolute atomic E-state index is 0.0656. The van der Waals surface area contributed by atoms with Gasteiger partial charge in [0.2, 0.25) is 17.7 Å². The summed E-state index contributed by atoms with van der Waals surface area (Å²) < 4.78 is 6.62. The molecule has 4 aliphatic rings. The summed E-state index contributed by atoms with van der Waals surface area (Å²) in [6.45, 7) is 4.08. The molecule has 3 aromatic carbocycles. The third-order valence-corrected chi connectivity index (χ3v) is 13.2. The molecular weight excluding hydrogens is 782 g/mol. The highest BCUT2D eigenvalue weighted by Crippen LogP contribution is 2.37. The number of carbonyl (C=O) groups is 4. The number of amides is 4. The zero-order valence-electron chi connectivity index (χ0n) is 34.2. The normalized spacial score (nSPS) is 21.1. The molecule has 1 atom stereocenters. The largest absolute Gasteiger partial charge is 0.507 e. The number of carbonyl (C=O) groups excluding carboxylic acids is 4. The number of piperidine rings is 4. The number of ether oxygens (including phenoxy) is 1.